The minimum atomic E-state index is -0.305. The molecule has 23 heavy (non-hydrogen) atoms. The maximum absolute atomic E-state index is 11.7. The van der Waals surface area contributed by atoms with Crippen LogP contribution in [0.4, 0.5) is 0 Å². The smallest absolute Gasteiger partial charge is 0.348 e. The van der Waals surface area contributed by atoms with Crippen molar-refractivity contribution >= 4 is 56.3 Å². The van der Waals surface area contributed by atoms with Gasteiger partial charge in [0.15, 0.2) is 0 Å². The van der Waals surface area contributed by atoms with Crippen LogP contribution in [-0.4, -0.2) is 24.3 Å². The Bertz CT molecular complexity index is 857. The number of carbonyl (C=O) groups excluding carboxylic acids is 1. The number of halogens is 1. The van der Waals surface area contributed by atoms with Gasteiger partial charge in [-0.1, -0.05) is 28.1 Å². The summed E-state index contributed by atoms with van der Waals surface area (Å²) in [5, 5.41) is 2.95. The molecule has 0 bridgehead atoms. The quantitative estimate of drug-likeness (QED) is 0.390. The first-order valence-corrected chi connectivity index (χ1v) is 10.3. The molecule has 0 unspecified atom stereocenters. The molecule has 2 heterocycles. The summed E-state index contributed by atoms with van der Waals surface area (Å²) < 4.78 is 6.91. The summed E-state index contributed by atoms with van der Waals surface area (Å²) in [7, 11) is 1.40. The lowest BCUT2D eigenvalue weighted by atomic mass is 10.2. The van der Waals surface area contributed by atoms with Crippen LogP contribution in [0.1, 0.15) is 9.67 Å². The highest BCUT2D eigenvalue weighted by molar-refractivity contribution is 9.10. The summed E-state index contributed by atoms with van der Waals surface area (Å²) in [5.74, 6) is -0.305. The fraction of sp³-hybridized carbons (Fsp3) is 0.125. The van der Waals surface area contributed by atoms with Crippen molar-refractivity contribution in [3.63, 3.8) is 0 Å². The third-order valence-corrected chi connectivity index (χ3v) is 6.74. The Kier molecular flexibility index (Phi) is 5.21. The number of benzene rings is 1. The Labute approximate surface area is 154 Å². The molecule has 0 saturated heterocycles. The molecule has 0 aliphatic carbocycles. The summed E-state index contributed by atoms with van der Waals surface area (Å²) in [6, 6.07) is 9.93. The minimum absolute atomic E-state index is 0.305. The van der Waals surface area contributed by atoms with E-state index in [1.54, 1.807) is 23.1 Å². The van der Waals surface area contributed by atoms with Crippen LogP contribution in [0.2, 0.25) is 0 Å². The normalized spacial score (nSPS) is 10.7. The zero-order valence-electron chi connectivity index (χ0n) is 12.3. The lowest BCUT2D eigenvalue weighted by Crippen LogP contribution is -1.96. The number of esters is 1. The Hall–Kier alpha value is -1.15. The largest absolute Gasteiger partial charge is 0.465 e. The highest BCUT2D eigenvalue weighted by Gasteiger charge is 2.18. The number of ether oxygens (including phenoxy) is 1. The Balaban J connectivity index is 2.00. The highest BCUT2D eigenvalue weighted by Crippen LogP contribution is 2.40. The molecule has 118 valence electrons. The van der Waals surface area contributed by atoms with E-state index in [0.717, 1.165) is 30.5 Å². The fourth-order valence-electron chi connectivity index (χ4n) is 2.05. The molecule has 0 fully saturated rings. The second-order valence-electron chi connectivity index (χ2n) is 4.56. The number of hydrogen-bond donors (Lipinski definition) is 0. The van der Waals surface area contributed by atoms with Gasteiger partial charge >= 0.3 is 5.97 Å². The van der Waals surface area contributed by atoms with Gasteiger partial charge in [-0.25, -0.2) is 9.78 Å². The van der Waals surface area contributed by atoms with E-state index >= 15 is 0 Å². The fourth-order valence-corrected chi connectivity index (χ4v) is 5.22. The molecule has 3 rings (SSSR count). The van der Waals surface area contributed by atoms with E-state index in [1.807, 2.05) is 42.0 Å². The predicted octanol–water partition coefficient (Wildman–Crippen LogP) is 5.81. The molecular weight excluding hydrogens is 414 g/mol. The molecule has 0 aliphatic rings. The lowest BCUT2D eigenvalue weighted by molar-refractivity contribution is 0.0606. The van der Waals surface area contributed by atoms with Gasteiger partial charge in [-0.15, -0.1) is 34.4 Å². The topological polar surface area (TPSA) is 39.2 Å². The highest BCUT2D eigenvalue weighted by atomic mass is 79.9. The molecular formula is C16H12BrNO2S3. The first kappa shape index (κ1) is 16.7. The van der Waals surface area contributed by atoms with Gasteiger partial charge < -0.3 is 4.74 Å². The van der Waals surface area contributed by atoms with Gasteiger partial charge in [0.25, 0.3) is 0 Å². The summed E-state index contributed by atoms with van der Waals surface area (Å²) in [4.78, 5) is 17.1. The average Bonchev–Trinajstić information content (AvgIpc) is 3.20. The summed E-state index contributed by atoms with van der Waals surface area (Å²) >= 11 is 8.12. The van der Waals surface area contributed by atoms with E-state index in [-0.39, 0.29) is 5.97 Å². The van der Waals surface area contributed by atoms with Gasteiger partial charge in [0.2, 0.25) is 0 Å². The van der Waals surface area contributed by atoms with E-state index in [4.69, 9.17) is 9.72 Å². The maximum atomic E-state index is 11.7. The molecule has 0 atom stereocenters. The zero-order chi connectivity index (χ0) is 16.4. The van der Waals surface area contributed by atoms with Crippen LogP contribution in [0.25, 0.3) is 21.8 Å². The van der Waals surface area contributed by atoms with Crippen LogP contribution in [0, 0.1) is 0 Å². The molecule has 7 heteroatoms. The third-order valence-electron chi connectivity index (χ3n) is 3.12. The number of thiophene rings is 1. The van der Waals surface area contributed by atoms with Crippen molar-refractivity contribution in [2.75, 3.05) is 13.4 Å². The number of thiazole rings is 1. The van der Waals surface area contributed by atoms with Crippen LogP contribution in [0.3, 0.4) is 0 Å². The van der Waals surface area contributed by atoms with Crippen molar-refractivity contribution in [2.45, 2.75) is 4.21 Å². The summed E-state index contributed by atoms with van der Waals surface area (Å²) in [6.07, 6.45) is 2.00. The molecule has 0 amide bonds. The molecule has 0 saturated carbocycles. The molecule has 3 nitrogen and oxygen atoms in total. The number of aromatic nitrogens is 1. The van der Waals surface area contributed by atoms with Crippen molar-refractivity contribution in [1.82, 2.24) is 4.98 Å². The van der Waals surface area contributed by atoms with E-state index in [9.17, 15) is 4.79 Å². The van der Waals surface area contributed by atoms with Gasteiger partial charge in [0.05, 0.1) is 17.0 Å². The van der Waals surface area contributed by atoms with Gasteiger partial charge in [-0.3, -0.25) is 0 Å². The monoisotopic (exact) mass is 425 g/mol. The van der Waals surface area contributed by atoms with Crippen molar-refractivity contribution in [1.29, 1.82) is 0 Å². The number of rotatable bonds is 4. The zero-order valence-corrected chi connectivity index (χ0v) is 16.4. The molecule has 0 N–H and O–H groups in total. The molecule has 0 aliphatic heterocycles. The second kappa shape index (κ2) is 7.17. The van der Waals surface area contributed by atoms with E-state index < -0.39 is 0 Å². The number of carbonyl (C=O) groups is 1. The third kappa shape index (κ3) is 3.52. The van der Waals surface area contributed by atoms with Gasteiger partial charge in [0, 0.05) is 21.0 Å². The molecule has 1 aromatic carbocycles. The number of thioether (sulfide) groups is 1. The van der Waals surface area contributed by atoms with Crippen molar-refractivity contribution in [2.24, 2.45) is 0 Å². The van der Waals surface area contributed by atoms with Crippen molar-refractivity contribution in [3.05, 3.63) is 45.1 Å². The molecule has 0 radical (unpaired) electrons. The number of hydrogen-bond acceptors (Lipinski definition) is 6. The SMILES string of the molecule is COC(=O)c1cc(-c2nc(-c3cccc(Br)c3)cs2)c(SC)s1. The molecule has 3 aromatic rings. The van der Waals surface area contributed by atoms with Crippen molar-refractivity contribution < 1.29 is 9.53 Å². The van der Waals surface area contributed by atoms with Gasteiger partial charge in [0.1, 0.15) is 9.88 Å². The average molecular weight is 426 g/mol. The maximum Gasteiger partial charge on any atom is 0.348 e. The minimum Gasteiger partial charge on any atom is -0.465 e. The van der Waals surface area contributed by atoms with E-state index in [2.05, 4.69) is 15.9 Å². The lowest BCUT2D eigenvalue weighted by Gasteiger charge is -1.98. The summed E-state index contributed by atoms with van der Waals surface area (Å²) in [6.45, 7) is 0. The first-order chi connectivity index (χ1) is 11.1. The Morgan fingerprint density at radius 3 is 2.87 bits per heavy atom. The summed E-state index contributed by atoms with van der Waals surface area (Å²) in [5.41, 5.74) is 2.99. The van der Waals surface area contributed by atoms with E-state index in [0.29, 0.717) is 4.88 Å². The van der Waals surface area contributed by atoms with Crippen molar-refractivity contribution in [3.8, 4) is 21.8 Å². The predicted molar refractivity (Wildman–Crippen MR) is 102 cm³/mol. The van der Waals surface area contributed by atoms with Crippen LogP contribution in [-0.2, 0) is 4.74 Å². The van der Waals surface area contributed by atoms with Crippen LogP contribution >= 0.6 is 50.4 Å². The Morgan fingerprint density at radius 1 is 1.35 bits per heavy atom. The molecule has 0 spiro atoms. The van der Waals surface area contributed by atoms with Gasteiger partial charge in [-0.05, 0) is 24.5 Å². The van der Waals surface area contributed by atoms with E-state index in [1.165, 1.54) is 18.4 Å². The first-order valence-electron chi connectivity index (χ1n) is 6.60. The second-order valence-corrected chi connectivity index (χ2v) is 8.46. The number of methoxy groups -OCH3 is 1. The van der Waals surface area contributed by atoms with Crippen LogP contribution in [0.5, 0.6) is 0 Å². The van der Waals surface area contributed by atoms with Crippen LogP contribution in [0.15, 0.2) is 44.4 Å². The van der Waals surface area contributed by atoms with Crippen LogP contribution < -0.4 is 0 Å². The molecule has 2 aromatic heterocycles. The van der Waals surface area contributed by atoms with Gasteiger partial charge in [-0.2, -0.15) is 0 Å². The standard InChI is InChI=1S/C16H12BrNO2S3/c1-20-15(19)13-7-11(16(21-2)23-13)14-18-12(8-22-14)9-4-3-5-10(17)6-9/h3-8H,1-2H3. The Morgan fingerprint density at radius 2 is 2.17 bits per heavy atom. The number of nitrogens with zero attached hydrogens (tertiary/aromatic N) is 1.